The highest BCUT2D eigenvalue weighted by Crippen LogP contribution is 2.19. The van der Waals surface area contributed by atoms with E-state index < -0.39 is 11.7 Å². The molecule has 0 heterocycles. The van der Waals surface area contributed by atoms with Gasteiger partial charge in [-0.25, -0.2) is 4.79 Å². The molecule has 0 fully saturated rings. The number of carbonyl (C=O) groups excluding carboxylic acids is 2. The molecule has 2 N–H and O–H groups in total. The maximum absolute atomic E-state index is 11.8. The third kappa shape index (κ3) is 28.1. The summed E-state index contributed by atoms with van der Waals surface area (Å²) in [6, 6.07) is 0. The van der Waals surface area contributed by atoms with Crippen LogP contribution in [-0.2, 0) is 9.53 Å². The lowest BCUT2D eigenvalue weighted by molar-refractivity contribution is -0.116. The molecule has 0 aromatic rings. The first kappa shape index (κ1) is 33.9. The molecule has 0 aromatic carbocycles. The van der Waals surface area contributed by atoms with E-state index in [1.807, 2.05) is 26.8 Å². The molecule has 0 aliphatic carbocycles. The van der Waals surface area contributed by atoms with Crippen LogP contribution in [0.15, 0.2) is 72.9 Å². The van der Waals surface area contributed by atoms with Gasteiger partial charge in [0.25, 0.3) is 0 Å². The van der Waals surface area contributed by atoms with Gasteiger partial charge in [0.2, 0.25) is 5.91 Å². The van der Waals surface area contributed by atoms with E-state index in [1.165, 1.54) is 0 Å². The van der Waals surface area contributed by atoms with E-state index in [2.05, 4.69) is 78.3 Å². The molecular formula is C29H46N2O3S2. The van der Waals surface area contributed by atoms with Gasteiger partial charge in [-0.2, -0.15) is 0 Å². The minimum Gasteiger partial charge on any atom is -0.444 e. The third-order valence-electron chi connectivity index (χ3n) is 4.12. The van der Waals surface area contributed by atoms with Crippen molar-refractivity contribution in [2.75, 3.05) is 24.6 Å². The zero-order valence-corrected chi connectivity index (χ0v) is 24.2. The van der Waals surface area contributed by atoms with Crippen LogP contribution in [0.1, 0.15) is 66.2 Å². The van der Waals surface area contributed by atoms with Crippen LogP contribution in [0.25, 0.3) is 0 Å². The third-order valence-corrected chi connectivity index (χ3v) is 6.53. The zero-order valence-electron chi connectivity index (χ0n) is 22.5. The first-order valence-electron chi connectivity index (χ1n) is 12.8. The zero-order chi connectivity index (χ0) is 26.7. The second kappa shape index (κ2) is 24.6. The Morgan fingerprint density at radius 3 is 1.53 bits per heavy atom. The van der Waals surface area contributed by atoms with Crippen LogP contribution in [0.3, 0.4) is 0 Å². The van der Waals surface area contributed by atoms with E-state index in [1.54, 1.807) is 27.7 Å². The van der Waals surface area contributed by atoms with Crippen molar-refractivity contribution < 1.29 is 14.3 Å². The van der Waals surface area contributed by atoms with Crippen LogP contribution in [0.4, 0.5) is 4.79 Å². The van der Waals surface area contributed by atoms with Gasteiger partial charge in [-0.3, -0.25) is 4.79 Å². The van der Waals surface area contributed by atoms with Gasteiger partial charge in [0.1, 0.15) is 5.60 Å². The van der Waals surface area contributed by atoms with E-state index >= 15 is 0 Å². The summed E-state index contributed by atoms with van der Waals surface area (Å²) in [5.74, 6) is 1.52. The number of nitrogens with one attached hydrogen (secondary N) is 2. The molecule has 7 heteroatoms. The van der Waals surface area contributed by atoms with E-state index in [0.717, 1.165) is 50.0 Å². The fourth-order valence-corrected chi connectivity index (χ4v) is 4.32. The molecule has 0 saturated carbocycles. The Labute approximate surface area is 227 Å². The van der Waals surface area contributed by atoms with Crippen molar-refractivity contribution in [2.45, 2.75) is 71.8 Å². The monoisotopic (exact) mass is 534 g/mol. The standard InChI is InChI=1S/C29H46N2O3S2/c1-5-6-7-8-9-10-11-12-13-14-15-16-17-18-19-20-21-22-27(32)30-23-25-35-36-26-24-31-28(33)34-29(2,3)4/h6-7,9-10,12-13,15-16,18-19,21-22H,5,8,11,14,17,20,23-26H2,1-4H3,(H,30,32)(H,31,33)/b7-6-,10-9-,13-12-,16-15-,19-18-,22-21-. The molecule has 0 rings (SSSR count). The Morgan fingerprint density at radius 1 is 0.667 bits per heavy atom. The minimum atomic E-state index is -0.479. The summed E-state index contributed by atoms with van der Waals surface area (Å²) in [5.41, 5.74) is -0.479. The predicted octanol–water partition coefficient (Wildman–Crippen LogP) is 7.71. The number of alkyl carbamates (subject to hydrolysis) is 1. The molecule has 0 spiro atoms. The number of rotatable bonds is 19. The first-order chi connectivity index (χ1) is 17.3. The quantitative estimate of drug-likeness (QED) is 0.0769. The van der Waals surface area contributed by atoms with Gasteiger partial charge in [0, 0.05) is 24.6 Å². The van der Waals surface area contributed by atoms with E-state index in [-0.39, 0.29) is 5.91 Å². The van der Waals surface area contributed by atoms with Crippen molar-refractivity contribution in [1.82, 2.24) is 10.6 Å². The molecule has 0 aliphatic rings. The Morgan fingerprint density at radius 2 is 1.08 bits per heavy atom. The summed E-state index contributed by atoms with van der Waals surface area (Å²) in [4.78, 5) is 23.3. The topological polar surface area (TPSA) is 67.4 Å². The normalized spacial score (nSPS) is 12.8. The molecule has 0 saturated heterocycles. The molecule has 36 heavy (non-hydrogen) atoms. The van der Waals surface area contributed by atoms with Crippen molar-refractivity contribution in [3.05, 3.63) is 72.9 Å². The lowest BCUT2D eigenvalue weighted by atomic mass is 10.2. The lowest BCUT2D eigenvalue weighted by Crippen LogP contribution is -2.33. The summed E-state index contributed by atoms with van der Waals surface area (Å²) in [5, 5.41) is 5.60. The summed E-state index contributed by atoms with van der Waals surface area (Å²) in [7, 11) is 3.33. The van der Waals surface area contributed by atoms with Gasteiger partial charge in [-0.15, -0.1) is 0 Å². The molecular weight excluding hydrogens is 488 g/mol. The summed E-state index contributed by atoms with van der Waals surface area (Å²) in [6.45, 7) is 8.83. The first-order valence-corrected chi connectivity index (χ1v) is 15.2. The Balaban J connectivity index is 3.60. The average Bonchev–Trinajstić information content (AvgIpc) is 2.81. The molecule has 0 bridgehead atoms. The Kier molecular flexibility index (Phi) is 23.1. The van der Waals surface area contributed by atoms with Crippen molar-refractivity contribution in [2.24, 2.45) is 0 Å². The van der Waals surface area contributed by atoms with Crippen LogP contribution in [0, 0.1) is 0 Å². The molecule has 0 aliphatic heterocycles. The van der Waals surface area contributed by atoms with Crippen LogP contribution in [0.5, 0.6) is 0 Å². The summed E-state index contributed by atoms with van der Waals surface area (Å²) in [6.07, 6.45) is 30.5. The highest BCUT2D eigenvalue weighted by Gasteiger charge is 2.15. The molecule has 0 radical (unpaired) electrons. The number of hydrogen-bond donors (Lipinski definition) is 2. The second-order valence-corrected chi connectivity index (χ2v) is 11.4. The maximum atomic E-state index is 11.8. The van der Waals surface area contributed by atoms with Crippen molar-refractivity contribution in [3.63, 3.8) is 0 Å². The number of hydrogen-bond acceptors (Lipinski definition) is 5. The predicted molar refractivity (Wildman–Crippen MR) is 160 cm³/mol. The van der Waals surface area contributed by atoms with E-state index in [9.17, 15) is 9.59 Å². The molecule has 0 unspecified atom stereocenters. The number of ether oxygens (including phenoxy) is 1. The van der Waals surface area contributed by atoms with Gasteiger partial charge in [0.15, 0.2) is 0 Å². The molecule has 2 amide bonds. The smallest absolute Gasteiger partial charge is 0.407 e. The lowest BCUT2D eigenvalue weighted by Gasteiger charge is -2.19. The molecule has 0 aromatic heterocycles. The number of carbonyl (C=O) groups is 2. The van der Waals surface area contributed by atoms with Crippen molar-refractivity contribution in [1.29, 1.82) is 0 Å². The average molecular weight is 535 g/mol. The van der Waals surface area contributed by atoms with E-state index in [4.69, 9.17) is 4.74 Å². The fourth-order valence-electron chi connectivity index (χ4n) is 2.50. The van der Waals surface area contributed by atoms with Crippen LogP contribution in [0.2, 0.25) is 0 Å². The molecule has 0 atom stereocenters. The van der Waals surface area contributed by atoms with Gasteiger partial charge < -0.3 is 15.4 Å². The highest BCUT2D eigenvalue weighted by atomic mass is 33.1. The summed E-state index contributed by atoms with van der Waals surface area (Å²) >= 11 is 0. The largest absolute Gasteiger partial charge is 0.444 e. The van der Waals surface area contributed by atoms with Gasteiger partial charge in [-0.05, 0) is 65.4 Å². The minimum absolute atomic E-state index is 0.0699. The van der Waals surface area contributed by atoms with E-state index in [0.29, 0.717) is 13.1 Å². The van der Waals surface area contributed by atoms with Gasteiger partial charge in [-0.1, -0.05) is 95.3 Å². The second-order valence-electron chi connectivity index (χ2n) is 8.71. The molecule has 5 nitrogen and oxygen atoms in total. The van der Waals surface area contributed by atoms with Crippen molar-refractivity contribution >= 4 is 33.6 Å². The Bertz CT molecular complexity index is 748. The summed E-state index contributed by atoms with van der Waals surface area (Å²) < 4.78 is 5.17. The SMILES string of the molecule is CC/C=C\C/C=C\C/C=C\C/C=C\C/C=C\C/C=C\C(=O)NCCSSCCNC(=O)OC(C)(C)C. The Hall–Kier alpha value is -2.12. The van der Waals surface area contributed by atoms with Crippen LogP contribution in [-0.4, -0.2) is 42.2 Å². The van der Waals surface area contributed by atoms with Crippen LogP contribution < -0.4 is 10.6 Å². The van der Waals surface area contributed by atoms with Gasteiger partial charge in [0.05, 0.1) is 0 Å². The van der Waals surface area contributed by atoms with Gasteiger partial charge >= 0.3 is 6.09 Å². The fraction of sp³-hybridized carbons (Fsp3) is 0.517. The number of amides is 2. The highest BCUT2D eigenvalue weighted by molar-refractivity contribution is 8.76. The van der Waals surface area contributed by atoms with Crippen molar-refractivity contribution in [3.8, 4) is 0 Å². The number of allylic oxidation sites excluding steroid dienone is 11. The maximum Gasteiger partial charge on any atom is 0.407 e. The molecule has 202 valence electrons. The van der Waals surface area contributed by atoms with Crippen LogP contribution >= 0.6 is 21.6 Å².